The van der Waals surface area contributed by atoms with Gasteiger partial charge in [0, 0.05) is 0 Å². The van der Waals surface area contributed by atoms with Crippen molar-refractivity contribution in [3.05, 3.63) is 0 Å². The number of alkyl halides is 5. The van der Waals surface area contributed by atoms with Crippen molar-refractivity contribution in [1.29, 1.82) is 0 Å². The minimum absolute atomic E-state index is 0.338. The molecule has 2 unspecified atom stereocenters. The lowest BCUT2D eigenvalue weighted by molar-refractivity contribution is -0.434. The Kier molecular flexibility index (Phi) is 5.17. The van der Waals surface area contributed by atoms with E-state index in [-0.39, 0.29) is 5.92 Å². The van der Waals surface area contributed by atoms with Gasteiger partial charge in [0.25, 0.3) is 0 Å². The van der Waals surface area contributed by atoms with Gasteiger partial charge in [0.05, 0.1) is 5.34 Å². The van der Waals surface area contributed by atoms with Crippen LogP contribution in [0.1, 0.15) is 34.6 Å². The maximum atomic E-state index is 13.7. The first-order valence-electron chi connectivity index (χ1n) is 5.24. The summed E-state index contributed by atoms with van der Waals surface area (Å²) in [7, 11) is 2.06. The van der Waals surface area contributed by atoms with Gasteiger partial charge in [-0.05, 0) is 26.7 Å². The molecule has 0 spiro atoms. The molecular weight excluding hydrogens is 278 g/mol. The lowest BCUT2D eigenvalue weighted by atomic mass is 10.1. The van der Waals surface area contributed by atoms with Crippen molar-refractivity contribution >= 4 is 9.24 Å². The van der Waals surface area contributed by atoms with E-state index in [1.807, 2.05) is 0 Å². The highest BCUT2D eigenvalue weighted by molar-refractivity contribution is 7.18. The van der Waals surface area contributed by atoms with Gasteiger partial charge in [0.2, 0.25) is 0 Å². The molecule has 8 heteroatoms. The predicted molar refractivity (Wildman–Crippen MR) is 60.2 cm³/mol. The second kappa shape index (κ2) is 5.17. The highest BCUT2D eigenvalue weighted by Gasteiger charge is 2.57. The summed E-state index contributed by atoms with van der Waals surface area (Å²) in [6.45, 7) is 5.82. The van der Waals surface area contributed by atoms with Gasteiger partial charge in [-0.25, -0.2) is 0 Å². The second-order valence-corrected chi connectivity index (χ2v) is 6.16. The zero-order valence-corrected chi connectivity index (χ0v) is 12.0. The average molecular weight is 296 g/mol. The summed E-state index contributed by atoms with van der Waals surface area (Å²) in [6.07, 6.45) is -9.26. The molecule has 0 aliphatic rings. The van der Waals surface area contributed by atoms with E-state index in [4.69, 9.17) is 0 Å². The van der Waals surface area contributed by atoms with Crippen LogP contribution in [-0.4, -0.2) is 23.4 Å². The van der Waals surface area contributed by atoms with Gasteiger partial charge in [-0.2, -0.15) is 8.78 Å². The second-order valence-electron chi connectivity index (χ2n) is 5.02. The van der Waals surface area contributed by atoms with Crippen molar-refractivity contribution in [2.45, 2.75) is 58.0 Å². The molecule has 0 amide bonds. The van der Waals surface area contributed by atoms with Crippen LogP contribution < -0.4 is 0 Å². The summed E-state index contributed by atoms with van der Waals surface area (Å²) in [4.78, 5) is 0. The van der Waals surface area contributed by atoms with E-state index < -0.39 is 23.4 Å². The Bertz CT molecular complexity index is 286. The molecule has 0 bridgehead atoms. The van der Waals surface area contributed by atoms with E-state index in [9.17, 15) is 22.0 Å². The Balaban J connectivity index is 5.02. The molecular formula is C10H18F5O2P. The molecule has 0 saturated carbocycles. The van der Waals surface area contributed by atoms with E-state index in [2.05, 4.69) is 18.7 Å². The zero-order valence-electron chi connectivity index (χ0n) is 10.9. The minimum Gasteiger partial charge on any atom is -0.308 e. The van der Waals surface area contributed by atoms with Crippen molar-refractivity contribution in [3.8, 4) is 0 Å². The Morgan fingerprint density at radius 1 is 0.889 bits per heavy atom. The fourth-order valence-corrected chi connectivity index (χ4v) is 1.01. The topological polar surface area (TPSA) is 18.5 Å². The lowest BCUT2D eigenvalue weighted by Crippen LogP contribution is -2.53. The molecule has 0 heterocycles. The van der Waals surface area contributed by atoms with E-state index in [0.717, 1.165) is 0 Å². The largest absolute Gasteiger partial charge is 0.523 e. The minimum atomic E-state index is -5.16. The molecule has 0 rings (SSSR count). The summed E-state index contributed by atoms with van der Waals surface area (Å²) < 4.78 is 71.6. The Morgan fingerprint density at radius 3 is 1.56 bits per heavy atom. The molecule has 0 aromatic carbocycles. The SMILES string of the molecule is CC(C)C(C)(P)OC(F)(F)C(C)(C)OC(F)(F)F. The zero-order chi connectivity index (χ0) is 15.0. The molecule has 0 aliphatic heterocycles. The van der Waals surface area contributed by atoms with Gasteiger partial charge in [-0.3, -0.25) is 4.74 Å². The van der Waals surface area contributed by atoms with Crippen LogP contribution in [0, 0.1) is 5.92 Å². The fraction of sp³-hybridized carbons (Fsp3) is 1.00. The first kappa shape index (κ1) is 18.0. The Hall–Kier alpha value is -0.0000000000000000278. The molecule has 18 heavy (non-hydrogen) atoms. The van der Waals surface area contributed by atoms with Crippen molar-refractivity contribution in [1.82, 2.24) is 0 Å². The number of hydrogen-bond acceptors (Lipinski definition) is 2. The third-order valence-corrected chi connectivity index (χ3v) is 3.35. The Labute approximate surface area is 105 Å². The molecule has 2 atom stereocenters. The molecule has 0 fully saturated rings. The van der Waals surface area contributed by atoms with Gasteiger partial charge in [0.1, 0.15) is 0 Å². The van der Waals surface area contributed by atoms with E-state index >= 15 is 0 Å². The maximum Gasteiger partial charge on any atom is 0.523 e. The number of hydrogen-bond donors (Lipinski definition) is 0. The van der Waals surface area contributed by atoms with Gasteiger partial charge >= 0.3 is 12.5 Å². The number of halogens is 5. The number of rotatable bonds is 5. The monoisotopic (exact) mass is 296 g/mol. The summed E-state index contributed by atoms with van der Waals surface area (Å²) >= 11 is 0. The smallest absolute Gasteiger partial charge is 0.308 e. The van der Waals surface area contributed by atoms with Crippen LogP contribution in [0.3, 0.4) is 0 Å². The van der Waals surface area contributed by atoms with Gasteiger partial charge < -0.3 is 4.74 Å². The highest BCUT2D eigenvalue weighted by Crippen LogP contribution is 2.43. The van der Waals surface area contributed by atoms with E-state index in [0.29, 0.717) is 13.8 Å². The molecule has 0 aromatic heterocycles. The van der Waals surface area contributed by atoms with Crippen LogP contribution in [0.25, 0.3) is 0 Å². The highest BCUT2D eigenvalue weighted by atomic mass is 31.0. The standard InChI is InChI=1S/C10H18F5O2P/c1-6(2)8(5,18)17-9(11,12)7(3,4)16-10(13,14)15/h6H,18H2,1-5H3. The van der Waals surface area contributed by atoms with Gasteiger partial charge in [0.15, 0.2) is 5.60 Å². The Morgan fingerprint density at radius 2 is 1.28 bits per heavy atom. The van der Waals surface area contributed by atoms with E-state index in [1.54, 1.807) is 13.8 Å². The first-order valence-corrected chi connectivity index (χ1v) is 5.82. The number of ether oxygens (including phenoxy) is 2. The summed E-state index contributed by atoms with van der Waals surface area (Å²) in [6, 6.07) is 0. The van der Waals surface area contributed by atoms with Crippen molar-refractivity contribution < 1.29 is 31.4 Å². The molecule has 110 valence electrons. The molecule has 0 aromatic rings. The third-order valence-electron chi connectivity index (χ3n) is 2.57. The predicted octanol–water partition coefficient (Wildman–Crippen LogP) is 4.16. The molecule has 0 radical (unpaired) electrons. The van der Waals surface area contributed by atoms with Crippen LogP contribution in [0.15, 0.2) is 0 Å². The van der Waals surface area contributed by atoms with Crippen LogP contribution in [-0.2, 0) is 9.47 Å². The molecule has 0 aliphatic carbocycles. The maximum absolute atomic E-state index is 13.7. The molecule has 2 nitrogen and oxygen atoms in total. The molecule has 0 N–H and O–H groups in total. The summed E-state index contributed by atoms with van der Waals surface area (Å²) in [5.74, 6) is -0.338. The van der Waals surface area contributed by atoms with Crippen molar-refractivity contribution in [2.75, 3.05) is 0 Å². The first-order chi connectivity index (χ1) is 7.61. The summed E-state index contributed by atoms with van der Waals surface area (Å²) in [5.41, 5.74) is -2.82. The van der Waals surface area contributed by atoms with Crippen molar-refractivity contribution in [2.24, 2.45) is 5.92 Å². The van der Waals surface area contributed by atoms with Crippen LogP contribution >= 0.6 is 9.24 Å². The van der Waals surface area contributed by atoms with Crippen LogP contribution in [0.5, 0.6) is 0 Å². The van der Waals surface area contributed by atoms with Crippen molar-refractivity contribution in [3.63, 3.8) is 0 Å². The van der Waals surface area contributed by atoms with Crippen LogP contribution in [0.4, 0.5) is 22.0 Å². The fourth-order valence-electron chi connectivity index (χ4n) is 0.866. The van der Waals surface area contributed by atoms with Gasteiger partial charge in [-0.1, -0.05) is 13.8 Å². The van der Waals surface area contributed by atoms with E-state index in [1.165, 1.54) is 6.92 Å². The summed E-state index contributed by atoms with van der Waals surface area (Å²) in [5, 5.41) is -1.37. The lowest BCUT2D eigenvalue weighted by Gasteiger charge is -2.40. The normalized spacial score (nSPS) is 18.0. The average Bonchev–Trinajstić information content (AvgIpc) is 1.95. The third kappa shape index (κ3) is 4.94. The quantitative estimate of drug-likeness (QED) is 0.560. The van der Waals surface area contributed by atoms with Gasteiger partial charge in [-0.15, -0.1) is 22.4 Å². The van der Waals surface area contributed by atoms with Crippen LogP contribution in [0.2, 0.25) is 0 Å². The molecule has 0 saturated heterocycles.